The number of nitrogens with two attached hydrogens (primary N) is 1. The molecule has 0 amide bonds. The SMILES string of the molecule is CCCOc1ccc(-c2nnco2)cc1C(=N)N. The van der Waals surface area contributed by atoms with Gasteiger partial charge in [0, 0.05) is 5.56 Å². The third-order valence-electron chi connectivity index (χ3n) is 2.34. The molecule has 1 aromatic heterocycles. The minimum Gasteiger partial charge on any atom is -0.493 e. The molecule has 0 bridgehead atoms. The van der Waals surface area contributed by atoms with Crippen LogP contribution in [0.4, 0.5) is 0 Å². The number of ether oxygens (including phenoxy) is 1. The molecular weight excluding hydrogens is 232 g/mol. The van der Waals surface area contributed by atoms with Gasteiger partial charge in [0.2, 0.25) is 12.3 Å². The van der Waals surface area contributed by atoms with Crippen LogP contribution >= 0.6 is 0 Å². The van der Waals surface area contributed by atoms with Crippen LogP contribution in [0.5, 0.6) is 5.75 Å². The topological polar surface area (TPSA) is 98.0 Å². The van der Waals surface area contributed by atoms with Crippen LogP contribution in [0.1, 0.15) is 18.9 Å². The molecule has 6 nitrogen and oxygen atoms in total. The van der Waals surface area contributed by atoms with E-state index in [4.69, 9.17) is 20.3 Å². The van der Waals surface area contributed by atoms with Crippen molar-refractivity contribution in [3.63, 3.8) is 0 Å². The summed E-state index contributed by atoms with van der Waals surface area (Å²) in [5.74, 6) is 0.926. The first-order chi connectivity index (χ1) is 8.72. The average Bonchev–Trinajstić information content (AvgIpc) is 2.90. The van der Waals surface area contributed by atoms with E-state index in [1.165, 1.54) is 6.39 Å². The zero-order valence-corrected chi connectivity index (χ0v) is 10.0. The highest BCUT2D eigenvalue weighted by Crippen LogP contribution is 2.25. The van der Waals surface area contributed by atoms with Crippen molar-refractivity contribution in [2.45, 2.75) is 13.3 Å². The van der Waals surface area contributed by atoms with Crippen LogP contribution in [-0.2, 0) is 0 Å². The molecule has 0 radical (unpaired) electrons. The van der Waals surface area contributed by atoms with Crippen LogP contribution in [0, 0.1) is 5.41 Å². The number of nitrogens with zero attached hydrogens (tertiary/aromatic N) is 2. The van der Waals surface area contributed by atoms with E-state index in [1.807, 2.05) is 6.92 Å². The van der Waals surface area contributed by atoms with Crippen molar-refractivity contribution in [2.24, 2.45) is 5.73 Å². The highest BCUT2D eigenvalue weighted by atomic mass is 16.5. The van der Waals surface area contributed by atoms with Gasteiger partial charge >= 0.3 is 0 Å². The molecule has 0 aliphatic rings. The van der Waals surface area contributed by atoms with Crippen LogP contribution in [-0.4, -0.2) is 22.6 Å². The largest absolute Gasteiger partial charge is 0.493 e. The zero-order chi connectivity index (χ0) is 13.0. The molecule has 1 aromatic carbocycles. The number of hydrogen-bond acceptors (Lipinski definition) is 5. The highest BCUT2D eigenvalue weighted by Gasteiger charge is 2.11. The van der Waals surface area contributed by atoms with Gasteiger partial charge in [0.15, 0.2) is 0 Å². The van der Waals surface area contributed by atoms with Crippen LogP contribution in [0.2, 0.25) is 0 Å². The Bertz CT molecular complexity index is 537. The van der Waals surface area contributed by atoms with Crippen molar-refractivity contribution in [3.8, 4) is 17.2 Å². The second-order valence-electron chi connectivity index (χ2n) is 3.72. The summed E-state index contributed by atoms with van der Waals surface area (Å²) in [5.41, 5.74) is 6.78. The molecule has 0 fully saturated rings. The maximum absolute atomic E-state index is 7.56. The molecule has 0 unspecified atom stereocenters. The Kier molecular flexibility index (Phi) is 3.57. The Labute approximate surface area is 104 Å². The summed E-state index contributed by atoms with van der Waals surface area (Å²) in [6.07, 6.45) is 2.15. The minimum absolute atomic E-state index is 0.0533. The van der Waals surface area contributed by atoms with E-state index >= 15 is 0 Å². The summed E-state index contributed by atoms with van der Waals surface area (Å²) in [6.45, 7) is 2.60. The van der Waals surface area contributed by atoms with Gasteiger partial charge in [0.05, 0.1) is 12.2 Å². The van der Waals surface area contributed by atoms with Gasteiger partial charge in [-0.1, -0.05) is 6.92 Å². The third-order valence-corrected chi connectivity index (χ3v) is 2.34. The van der Waals surface area contributed by atoms with Gasteiger partial charge < -0.3 is 14.9 Å². The van der Waals surface area contributed by atoms with Crippen LogP contribution in [0.25, 0.3) is 11.5 Å². The van der Waals surface area contributed by atoms with Gasteiger partial charge in [-0.3, -0.25) is 5.41 Å². The van der Waals surface area contributed by atoms with Gasteiger partial charge in [-0.25, -0.2) is 0 Å². The number of rotatable bonds is 5. The zero-order valence-electron chi connectivity index (χ0n) is 10.0. The van der Waals surface area contributed by atoms with Gasteiger partial charge in [-0.2, -0.15) is 0 Å². The molecule has 94 valence electrons. The lowest BCUT2D eigenvalue weighted by Crippen LogP contribution is -2.13. The van der Waals surface area contributed by atoms with Crippen molar-refractivity contribution in [1.29, 1.82) is 5.41 Å². The molecule has 6 heteroatoms. The van der Waals surface area contributed by atoms with E-state index in [-0.39, 0.29) is 5.84 Å². The normalized spacial score (nSPS) is 10.3. The first-order valence-corrected chi connectivity index (χ1v) is 5.60. The molecule has 0 atom stereocenters. The fraction of sp³-hybridized carbons (Fsp3) is 0.250. The van der Waals surface area contributed by atoms with Crippen molar-refractivity contribution in [3.05, 3.63) is 30.2 Å². The van der Waals surface area contributed by atoms with E-state index in [0.29, 0.717) is 29.4 Å². The van der Waals surface area contributed by atoms with Crippen molar-refractivity contribution < 1.29 is 9.15 Å². The molecule has 2 aromatic rings. The van der Waals surface area contributed by atoms with Crippen molar-refractivity contribution in [2.75, 3.05) is 6.61 Å². The summed E-state index contributed by atoms with van der Waals surface area (Å²) in [4.78, 5) is 0. The molecule has 2 rings (SSSR count). The maximum Gasteiger partial charge on any atom is 0.247 e. The number of nitrogens with one attached hydrogen (secondary N) is 1. The summed E-state index contributed by atoms with van der Waals surface area (Å²) in [6, 6.07) is 5.26. The summed E-state index contributed by atoms with van der Waals surface area (Å²) < 4.78 is 10.6. The lowest BCUT2D eigenvalue weighted by atomic mass is 10.1. The van der Waals surface area contributed by atoms with E-state index in [2.05, 4.69) is 10.2 Å². The highest BCUT2D eigenvalue weighted by molar-refractivity contribution is 5.98. The number of aromatic nitrogens is 2. The van der Waals surface area contributed by atoms with Gasteiger partial charge in [0.1, 0.15) is 11.6 Å². The maximum atomic E-state index is 7.56. The first-order valence-electron chi connectivity index (χ1n) is 5.60. The molecule has 0 spiro atoms. The predicted molar refractivity (Wildman–Crippen MR) is 66.5 cm³/mol. The summed E-state index contributed by atoms with van der Waals surface area (Å²) in [5, 5.41) is 15.0. The van der Waals surface area contributed by atoms with Gasteiger partial charge in [-0.05, 0) is 24.6 Å². The van der Waals surface area contributed by atoms with Crippen LogP contribution in [0.3, 0.4) is 0 Å². The molecule has 18 heavy (non-hydrogen) atoms. The Morgan fingerprint density at radius 1 is 1.50 bits per heavy atom. The second kappa shape index (κ2) is 5.31. The van der Waals surface area contributed by atoms with Crippen LogP contribution < -0.4 is 10.5 Å². The fourth-order valence-corrected chi connectivity index (χ4v) is 1.51. The number of nitrogen functional groups attached to an aromatic ring is 1. The molecule has 0 aliphatic heterocycles. The van der Waals surface area contributed by atoms with Gasteiger partial charge in [-0.15, -0.1) is 10.2 Å². The summed E-state index contributed by atoms with van der Waals surface area (Å²) >= 11 is 0. The van der Waals surface area contributed by atoms with Crippen molar-refractivity contribution >= 4 is 5.84 Å². The standard InChI is InChI=1S/C12H14N4O2/c1-2-5-17-10-4-3-8(6-9(10)11(13)14)12-16-15-7-18-12/h3-4,6-7H,2,5H2,1H3,(H3,13,14). The van der Waals surface area contributed by atoms with E-state index in [1.54, 1.807) is 18.2 Å². The lowest BCUT2D eigenvalue weighted by Gasteiger charge is -2.10. The van der Waals surface area contributed by atoms with E-state index < -0.39 is 0 Å². The van der Waals surface area contributed by atoms with Gasteiger partial charge in [0.25, 0.3) is 0 Å². The summed E-state index contributed by atoms with van der Waals surface area (Å²) in [7, 11) is 0. The molecule has 1 heterocycles. The third kappa shape index (κ3) is 2.48. The van der Waals surface area contributed by atoms with E-state index in [9.17, 15) is 0 Å². The monoisotopic (exact) mass is 246 g/mol. The first kappa shape index (κ1) is 12.1. The predicted octanol–water partition coefficient (Wildman–Crippen LogP) is 1.81. The fourth-order valence-electron chi connectivity index (χ4n) is 1.51. The Balaban J connectivity index is 2.37. The number of benzene rings is 1. The molecule has 0 aliphatic carbocycles. The average molecular weight is 246 g/mol. The number of hydrogen-bond donors (Lipinski definition) is 2. The molecular formula is C12H14N4O2. The molecule has 0 saturated heterocycles. The number of amidine groups is 1. The smallest absolute Gasteiger partial charge is 0.247 e. The molecule has 0 saturated carbocycles. The Morgan fingerprint density at radius 3 is 2.94 bits per heavy atom. The van der Waals surface area contributed by atoms with E-state index in [0.717, 1.165) is 6.42 Å². The Morgan fingerprint density at radius 2 is 2.33 bits per heavy atom. The van der Waals surface area contributed by atoms with Crippen LogP contribution in [0.15, 0.2) is 29.0 Å². The Hall–Kier alpha value is -2.37. The lowest BCUT2D eigenvalue weighted by molar-refractivity contribution is 0.317. The van der Waals surface area contributed by atoms with Crippen molar-refractivity contribution in [1.82, 2.24) is 10.2 Å². The molecule has 3 N–H and O–H groups in total. The minimum atomic E-state index is -0.0533. The quantitative estimate of drug-likeness (QED) is 0.619. The second-order valence-corrected chi connectivity index (χ2v) is 3.72.